The van der Waals surface area contributed by atoms with E-state index in [4.69, 9.17) is 14.2 Å². The molecule has 0 aromatic rings. The molecule has 370 valence electrons. The van der Waals surface area contributed by atoms with Crippen LogP contribution in [0.2, 0.25) is 0 Å². The first-order chi connectivity index (χ1) is 30.1. The Hall–Kier alpha value is -1.23. The Kier molecular flexibility index (Phi) is 38.0. The average Bonchev–Trinajstić information content (AvgIpc) is 3.23. The molecule has 0 bridgehead atoms. The van der Waals surface area contributed by atoms with E-state index in [1.807, 2.05) is 6.92 Å². The molecule has 62 heavy (non-hydrogen) atoms. The van der Waals surface area contributed by atoms with Crippen LogP contribution >= 0.6 is 0 Å². The summed E-state index contributed by atoms with van der Waals surface area (Å²) in [6.45, 7) is 15.2. The van der Waals surface area contributed by atoms with Gasteiger partial charge in [0.05, 0.1) is 19.0 Å². The molecule has 0 aromatic carbocycles. The third kappa shape index (κ3) is 35.1. The fourth-order valence-electron chi connectivity index (χ4n) is 8.73. The number of unbranched alkanes of at least 4 members (excludes halogenated alkanes) is 23. The van der Waals surface area contributed by atoms with E-state index >= 15 is 0 Å². The van der Waals surface area contributed by atoms with Gasteiger partial charge in [-0.2, -0.15) is 0 Å². The van der Waals surface area contributed by atoms with Gasteiger partial charge in [0, 0.05) is 26.2 Å². The van der Waals surface area contributed by atoms with Gasteiger partial charge in [-0.25, -0.2) is 13.1 Å². The SMILES string of the molecule is CCCCCCCCC(CC)OC(=O)CCCCCCCN(CCCCCCCC(=O)OC(CCCCCCCC)CCCCCCCC)CCCNS(=O)(=O)CC1(C)COC1.[HH]. The van der Waals surface area contributed by atoms with Crippen molar-refractivity contribution in [3.8, 4) is 0 Å². The summed E-state index contributed by atoms with van der Waals surface area (Å²) in [4.78, 5) is 27.9. The molecule has 0 spiro atoms. The number of rotatable bonds is 47. The van der Waals surface area contributed by atoms with Gasteiger partial charge in [0.1, 0.15) is 12.2 Å². The van der Waals surface area contributed by atoms with E-state index in [2.05, 4.69) is 37.3 Å². The van der Waals surface area contributed by atoms with Crippen LogP contribution in [0.4, 0.5) is 0 Å². The normalized spacial score (nSPS) is 14.4. The van der Waals surface area contributed by atoms with Gasteiger partial charge >= 0.3 is 11.9 Å². The van der Waals surface area contributed by atoms with Crippen LogP contribution in [0.1, 0.15) is 261 Å². The summed E-state index contributed by atoms with van der Waals surface area (Å²) in [7, 11) is -3.33. The Balaban J connectivity index is 0.0000384. The fourth-order valence-corrected chi connectivity index (χ4v) is 10.4. The lowest BCUT2D eigenvalue weighted by Gasteiger charge is -2.37. The average molecular weight is 901 g/mol. The monoisotopic (exact) mass is 901 g/mol. The number of ether oxygens (including phenoxy) is 3. The van der Waals surface area contributed by atoms with Crippen molar-refractivity contribution in [1.29, 1.82) is 0 Å². The number of carbonyl (C=O) groups excluding carboxylic acids is 2. The molecular weight excluding hydrogens is 797 g/mol. The number of sulfonamides is 1. The summed E-state index contributed by atoms with van der Waals surface area (Å²) in [5.41, 5.74) is -0.271. The van der Waals surface area contributed by atoms with E-state index in [0.29, 0.717) is 32.6 Å². The van der Waals surface area contributed by atoms with Crippen LogP contribution in [0, 0.1) is 5.41 Å². The number of esters is 2. The maximum absolute atomic E-state index is 12.9. The number of hydrogen-bond acceptors (Lipinski definition) is 8. The standard InChI is InChI=1S/C52H102N2O7S.H2/c1-6-10-13-16-21-28-36-48(9-4)60-50(55)39-31-24-19-26-33-42-54(44-35-41-53-62(57,58)47-52(5)45-59-46-52)43-34-27-20-25-32-40-51(56)61-49(37-29-22-17-14-11-7-2)38-30-23-18-15-12-8-3;/h48-49,53H,6-47H2,1-5H3;1H. The van der Waals surface area contributed by atoms with Crippen LogP contribution in [0.15, 0.2) is 0 Å². The summed E-state index contributed by atoms with van der Waals surface area (Å²) in [6.07, 6.45) is 39.2. The summed E-state index contributed by atoms with van der Waals surface area (Å²) >= 11 is 0. The highest BCUT2D eigenvalue weighted by atomic mass is 32.2. The second-order valence-corrected chi connectivity index (χ2v) is 21.3. The van der Waals surface area contributed by atoms with Crippen molar-refractivity contribution in [1.82, 2.24) is 9.62 Å². The highest BCUT2D eigenvalue weighted by molar-refractivity contribution is 7.89. The van der Waals surface area contributed by atoms with E-state index < -0.39 is 10.0 Å². The minimum Gasteiger partial charge on any atom is -0.462 e. The molecule has 1 fully saturated rings. The van der Waals surface area contributed by atoms with Gasteiger partial charge in [-0.3, -0.25) is 9.59 Å². The first-order valence-corrected chi connectivity index (χ1v) is 28.4. The van der Waals surface area contributed by atoms with Crippen molar-refractivity contribution in [2.24, 2.45) is 5.41 Å². The van der Waals surface area contributed by atoms with Gasteiger partial charge in [-0.05, 0) is 96.7 Å². The molecule has 1 rings (SSSR count). The van der Waals surface area contributed by atoms with E-state index in [0.717, 1.165) is 135 Å². The number of nitrogens with one attached hydrogen (secondary N) is 1. The third-order valence-corrected chi connectivity index (χ3v) is 14.5. The molecule has 1 heterocycles. The van der Waals surface area contributed by atoms with E-state index in [9.17, 15) is 18.0 Å². The Bertz CT molecular complexity index is 1140. The molecule has 10 heteroatoms. The summed E-state index contributed by atoms with van der Waals surface area (Å²) in [6, 6.07) is 0. The van der Waals surface area contributed by atoms with Crippen LogP contribution in [0.3, 0.4) is 0 Å². The van der Waals surface area contributed by atoms with Gasteiger partial charge in [0.2, 0.25) is 10.0 Å². The third-order valence-electron chi connectivity index (χ3n) is 12.8. The van der Waals surface area contributed by atoms with E-state index in [-0.39, 0.29) is 36.7 Å². The molecule has 1 saturated heterocycles. The Labute approximate surface area is 386 Å². The first kappa shape index (κ1) is 58.8. The van der Waals surface area contributed by atoms with Crippen molar-refractivity contribution < 1.29 is 33.6 Å². The zero-order valence-corrected chi connectivity index (χ0v) is 42.4. The molecular formula is C52H104N2O7S. The molecule has 9 nitrogen and oxygen atoms in total. The number of carbonyl (C=O) groups is 2. The smallest absolute Gasteiger partial charge is 0.306 e. The lowest BCUT2D eigenvalue weighted by atomic mass is 9.92. The number of hydrogen-bond donors (Lipinski definition) is 1. The lowest BCUT2D eigenvalue weighted by Crippen LogP contribution is -2.47. The maximum Gasteiger partial charge on any atom is 0.306 e. The van der Waals surface area contributed by atoms with Crippen LogP contribution in [-0.4, -0.2) is 82.6 Å². The first-order valence-electron chi connectivity index (χ1n) is 26.7. The second kappa shape index (κ2) is 40.1. The number of nitrogens with zero attached hydrogens (tertiary/aromatic N) is 1. The minimum absolute atomic E-state index is 0. The van der Waals surface area contributed by atoms with Crippen LogP contribution in [-0.2, 0) is 33.8 Å². The van der Waals surface area contributed by atoms with Crippen molar-refractivity contribution in [2.75, 3.05) is 45.1 Å². The van der Waals surface area contributed by atoms with Gasteiger partial charge in [-0.1, -0.05) is 169 Å². The molecule has 1 aliphatic rings. The second-order valence-electron chi connectivity index (χ2n) is 19.5. The molecule has 0 radical (unpaired) electrons. The molecule has 0 saturated carbocycles. The summed E-state index contributed by atoms with van der Waals surface area (Å²) in [5, 5.41) is 0. The molecule has 1 N–H and O–H groups in total. The van der Waals surface area contributed by atoms with Gasteiger partial charge in [-0.15, -0.1) is 0 Å². The molecule has 1 aliphatic heterocycles. The Morgan fingerprint density at radius 1 is 0.548 bits per heavy atom. The largest absolute Gasteiger partial charge is 0.462 e. The molecule has 0 amide bonds. The zero-order chi connectivity index (χ0) is 45.4. The molecule has 0 aromatic heterocycles. The van der Waals surface area contributed by atoms with E-state index in [1.165, 1.54) is 96.3 Å². The van der Waals surface area contributed by atoms with Gasteiger partial charge in [0.25, 0.3) is 0 Å². The van der Waals surface area contributed by atoms with Crippen molar-refractivity contribution in [3.63, 3.8) is 0 Å². The molecule has 1 atom stereocenters. The van der Waals surface area contributed by atoms with Gasteiger partial charge < -0.3 is 19.1 Å². The van der Waals surface area contributed by atoms with Crippen molar-refractivity contribution in [2.45, 2.75) is 272 Å². The summed E-state index contributed by atoms with van der Waals surface area (Å²) < 4.78 is 45.4. The van der Waals surface area contributed by atoms with Crippen LogP contribution < -0.4 is 4.72 Å². The fraction of sp³-hybridized carbons (Fsp3) is 0.962. The van der Waals surface area contributed by atoms with Crippen LogP contribution in [0.5, 0.6) is 0 Å². The minimum atomic E-state index is -3.33. The van der Waals surface area contributed by atoms with Crippen molar-refractivity contribution >= 4 is 22.0 Å². The van der Waals surface area contributed by atoms with Crippen LogP contribution in [0.25, 0.3) is 0 Å². The predicted molar refractivity (Wildman–Crippen MR) is 263 cm³/mol. The highest BCUT2D eigenvalue weighted by Crippen LogP contribution is 2.28. The van der Waals surface area contributed by atoms with Crippen molar-refractivity contribution in [3.05, 3.63) is 0 Å². The van der Waals surface area contributed by atoms with Gasteiger partial charge in [0.15, 0.2) is 0 Å². The highest BCUT2D eigenvalue weighted by Gasteiger charge is 2.37. The lowest BCUT2D eigenvalue weighted by molar-refractivity contribution is -0.150. The quantitative estimate of drug-likeness (QED) is 0.0475. The zero-order valence-electron chi connectivity index (χ0n) is 41.6. The Morgan fingerprint density at radius 3 is 1.34 bits per heavy atom. The topological polar surface area (TPSA) is 111 Å². The molecule has 0 aliphatic carbocycles. The molecule has 1 unspecified atom stereocenters. The van der Waals surface area contributed by atoms with E-state index in [1.54, 1.807) is 0 Å². The maximum atomic E-state index is 12.9. The predicted octanol–water partition coefficient (Wildman–Crippen LogP) is 14.0. The Morgan fingerprint density at radius 2 is 0.919 bits per heavy atom. The summed E-state index contributed by atoms with van der Waals surface area (Å²) in [5.74, 6) is 0.0787.